The minimum atomic E-state index is -0.00389. The Balaban J connectivity index is 2.01. The molecule has 0 aromatic heterocycles. The Labute approximate surface area is 136 Å². The molecule has 0 aliphatic heterocycles. The highest BCUT2D eigenvalue weighted by Gasteiger charge is 2.14. The summed E-state index contributed by atoms with van der Waals surface area (Å²) >= 11 is 0. The predicted octanol–water partition coefficient (Wildman–Crippen LogP) is 3.32. The number of hydrogen-bond acceptors (Lipinski definition) is 3. The molecule has 0 bridgehead atoms. The lowest BCUT2D eigenvalue weighted by Gasteiger charge is -2.21. The van der Waals surface area contributed by atoms with Crippen LogP contribution in [0.3, 0.4) is 0 Å². The summed E-state index contributed by atoms with van der Waals surface area (Å²) in [6.07, 6.45) is 1.18. The molecule has 0 N–H and O–H groups in total. The molecule has 0 spiro atoms. The van der Waals surface area contributed by atoms with E-state index in [0.29, 0.717) is 37.4 Å². The van der Waals surface area contributed by atoms with E-state index in [1.165, 1.54) is 0 Å². The molecule has 0 aliphatic carbocycles. The van der Waals surface area contributed by atoms with Gasteiger partial charge in [-0.3, -0.25) is 4.79 Å². The number of carbonyl (C=O) groups excluding carboxylic acids is 2. The summed E-state index contributed by atoms with van der Waals surface area (Å²) in [5.74, 6) is 0.658. The first-order valence-corrected chi connectivity index (χ1v) is 7.74. The lowest BCUT2D eigenvalue weighted by molar-refractivity contribution is -0.108. The third-order valence-electron chi connectivity index (χ3n) is 3.49. The number of benzene rings is 2. The number of hydrogen-bond donors (Lipinski definition) is 0. The van der Waals surface area contributed by atoms with Crippen molar-refractivity contribution in [3.8, 4) is 5.75 Å². The smallest absolute Gasteiger partial charge is 0.254 e. The number of aldehydes is 1. The third-order valence-corrected chi connectivity index (χ3v) is 3.49. The van der Waals surface area contributed by atoms with Crippen molar-refractivity contribution < 1.29 is 14.3 Å². The molecule has 0 heterocycles. The van der Waals surface area contributed by atoms with Crippen LogP contribution in [-0.2, 0) is 11.3 Å². The van der Waals surface area contributed by atoms with Crippen LogP contribution < -0.4 is 4.74 Å². The molecule has 120 valence electrons. The number of amides is 1. The molecule has 23 heavy (non-hydrogen) atoms. The first kappa shape index (κ1) is 16.7. The number of carbonyl (C=O) groups is 2. The van der Waals surface area contributed by atoms with Gasteiger partial charge in [-0.1, -0.05) is 30.3 Å². The SMILES string of the molecule is CCN(Cc1ccccc1)C(=O)c1ccc(OCCC=O)cc1. The van der Waals surface area contributed by atoms with Crippen LogP contribution in [0, 0.1) is 0 Å². The zero-order valence-electron chi connectivity index (χ0n) is 13.3. The highest BCUT2D eigenvalue weighted by molar-refractivity contribution is 5.94. The fourth-order valence-electron chi connectivity index (χ4n) is 2.23. The molecule has 0 radical (unpaired) electrons. The number of rotatable bonds is 8. The van der Waals surface area contributed by atoms with Gasteiger partial charge in [-0.15, -0.1) is 0 Å². The molecule has 0 aliphatic rings. The van der Waals surface area contributed by atoms with Crippen LogP contribution >= 0.6 is 0 Å². The Morgan fingerprint density at radius 2 is 1.78 bits per heavy atom. The van der Waals surface area contributed by atoms with Gasteiger partial charge in [-0.25, -0.2) is 0 Å². The molecular formula is C19H21NO3. The van der Waals surface area contributed by atoms with Crippen molar-refractivity contribution in [2.75, 3.05) is 13.2 Å². The molecule has 0 atom stereocenters. The van der Waals surface area contributed by atoms with Crippen molar-refractivity contribution in [2.24, 2.45) is 0 Å². The molecule has 0 fully saturated rings. The Bertz CT molecular complexity index is 623. The molecule has 4 nitrogen and oxygen atoms in total. The fourth-order valence-corrected chi connectivity index (χ4v) is 2.23. The average Bonchev–Trinajstić information content (AvgIpc) is 2.61. The van der Waals surface area contributed by atoms with E-state index in [9.17, 15) is 9.59 Å². The van der Waals surface area contributed by atoms with E-state index in [1.54, 1.807) is 29.2 Å². The summed E-state index contributed by atoms with van der Waals surface area (Å²) in [6, 6.07) is 17.0. The van der Waals surface area contributed by atoms with Crippen molar-refractivity contribution in [1.82, 2.24) is 4.90 Å². The van der Waals surface area contributed by atoms with Gasteiger partial charge in [0.25, 0.3) is 5.91 Å². The summed E-state index contributed by atoms with van der Waals surface area (Å²) in [6.45, 7) is 3.56. The minimum Gasteiger partial charge on any atom is -0.493 e. The van der Waals surface area contributed by atoms with Gasteiger partial charge < -0.3 is 14.4 Å². The Morgan fingerprint density at radius 1 is 1.09 bits per heavy atom. The molecule has 4 heteroatoms. The Hall–Kier alpha value is -2.62. The van der Waals surface area contributed by atoms with Crippen molar-refractivity contribution >= 4 is 12.2 Å². The van der Waals surface area contributed by atoms with Gasteiger partial charge in [0, 0.05) is 25.1 Å². The summed E-state index contributed by atoms with van der Waals surface area (Å²) in [4.78, 5) is 24.7. The van der Waals surface area contributed by atoms with Crippen LogP contribution in [0.2, 0.25) is 0 Å². The molecule has 2 aromatic rings. The maximum Gasteiger partial charge on any atom is 0.254 e. The van der Waals surface area contributed by atoms with Crippen molar-refractivity contribution in [3.63, 3.8) is 0 Å². The van der Waals surface area contributed by atoms with Crippen LogP contribution in [0.1, 0.15) is 29.3 Å². The van der Waals surface area contributed by atoms with Gasteiger partial charge in [0.15, 0.2) is 0 Å². The second-order valence-corrected chi connectivity index (χ2v) is 5.13. The molecule has 0 saturated heterocycles. The topological polar surface area (TPSA) is 46.6 Å². The van der Waals surface area contributed by atoms with Gasteiger partial charge in [0.1, 0.15) is 12.0 Å². The highest BCUT2D eigenvalue weighted by Crippen LogP contribution is 2.15. The van der Waals surface area contributed by atoms with Gasteiger partial charge in [0.2, 0.25) is 0 Å². The summed E-state index contributed by atoms with van der Waals surface area (Å²) in [5.41, 5.74) is 1.74. The second-order valence-electron chi connectivity index (χ2n) is 5.13. The fraction of sp³-hybridized carbons (Fsp3) is 0.263. The van der Waals surface area contributed by atoms with Gasteiger partial charge >= 0.3 is 0 Å². The first-order valence-electron chi connectivity index (χ1n) is 7.74. The standard InChI is InChI=1S/C19H21NO3/c1-2-20(15-16-7-4-3-5-8-16)19(22)17-9-11-18(12-10-17)23-14-6-13-21/h3-5,7-13H,2,6,14-15H2,1H3. The summed E-state index contributed by atoms with van der Waals surface area (Å²) in [5, 5.41) is 0. The normalized spacial score (nSPS) is 10.1. The van der Waals surface area contributed by atoms with Gasteiger partial charge in [-0.05, 0) is 36.8 Å². The average molecular weight is 311 g/mol. The number of ether oxygens (including phenoxy) is 1. The lowest BCUT2D eigenvalue weighted by atomic mass is 10.1. The van der Waals surface area contributed by atoms with Crippen LogP contribution in [0.25, 0.3) is 0 Å². The van der Waals surface area contributed by atoms with Crippen LogP contribution in [-0.4, -0.2) is 30.2 Å². The molecule has 2 rings (SSSR count). The van der Waals surface area contributed by atoms with Crippen molar-refractivity contribution in [3.05, 3.63) is 65.7 Å². The van der Waals surface area contributed by atoms with Crippen LogP contribution in [0.5, 0.6) is 5.75 Å². The van der Waals surface area contributed by atoms with E-state index in [1.807, 2.05) is 37.3 Å². The van der Waals surface area contributed by atoms with Crippen LogP contribution in [0.15, 0.2) is 54.6 Å². The third kappa shape index (κ3) is 4.95. The number of nitrogens with zero attached hydrogens (tertiary/aromatic N) is 1. The molecule has 2 aromatic carbocycles. The largest absolute Gasteiger partial charge is 0.493 e. The first-order chi connectivity index (χ1) is 11.2. The predicted molar refractivity (Wildman–Crippen MR) is 89.5 cm³/mol. The van der Waals surface area contributed by atoms with Gasteiger partial charge in [0.05, 0.1) is 6.61 Å². The molecule has 0 unspecified atom stereocenters. The zero-order valence-corrected chi connectivity index (χ0v) is 13.3. The molecule has 0 saturated carbocycles. The van der Waals surface area contributed by atoms with E-state index >= 15 is 0 Å². The Kier molecular flexibility index (Phi) is 6.36. The lowest BCUT2D eigenvalue weighted by Crippen LogP contribution is -2.30. The maximum absolute atomic E-state index is 12.6. The zero-order chi connectivity index (χ0) is 16.5. The van der Waals surface area contributed by atoms with E-state index in [4.69, 9.17) is 4.74 Å². The maximum atomic E-state index is 12.6. The minimum absolute atomic E-state index is 0.00389. The summed E-state index contributed by atoms with van der Waals surface area (Å²) < 4.78 is 5.41. The molecule has 1 amide bonds. The van der Waals surface area contributed by atoms with E-state index in [-0.39, 0.29) is 5.91 Å². The van der Waals surface area contributed by atoms with E-state index < -0.39 is 0 Å². The van der Waals surface area contributed by atoms with Crippen molar-refractivity contribution in [1.29, 1.82) is 0 Å². The van der Waals surface area contributed by atoms with Crippen molar-refractivity contribution in [2.45, 2.75) is 19.9 Å². The quantitative estimate of drug-likeness (QED) is 0.555. The Morgan fingerprint density at radius 3 is 2.39 bits per heavy atom. The van der Waals surface area contributed by atoms with E-state index in [0.717, 1.165) is 11.8 Å². The monoisotopic (exact) mass is 311 g/mol. The van der Waals surface area contributed by atoms with Crippen LogP contribution in [0.4, 0.5) is 0 Å². The highest BCUT2D eigenvalue weighted by atomic mass is 16.5. The van der Waals surface area contributed by atoms with E-state index in [2.05, 4.69) is 0 Å². The summed E-state index contributed by atoms with van der Waals surface area (Å²) in [7, 11) is 0. The molecular weight excluding hydrogens is 290 g/mol. The second kappa shape index (κ2) is 8.73. The van der Waals surface area contributed by atoms with Gasteiger partial charge in [-0.2, -0.15) is 0 Å².